The standard InChI is InChI=1S/C8H8N2O/c9-3-5-11-7-8-2-1-4-10-6-8/h1-2,4,6H,5,7H2. The number of aromatic nitrogens is 1. The number of nitrogens with zero attached hydrogens (tertiary/aromatic N) is 2. The quantitative estimate of drug-likeness (QED) is 0.603. The summed E-state index contributed by atoms with van der Waals surface area (Å²) in [5.41, 5.74) is 0.989. The molecule has 1 rings (SSSR count). The first-order chi connectivity index (χ1) is 5.43. The van der Waals surface area contributed by atoms with Crippen molar-refractivity contribution in [1.29, 1.82) is 5.26 Å². The summed E-state index contributed by atoms with van der Waals surface area (Å²) in [6.07, 6.45) is 3.42. The number of ether oxygens (including phenoxy) is 1. The van der Waals surface area contributed by atoms with Crippen molar-refractivity contribution in [3.63, 3.8) is 0 Å². The van der Waals surface area contributed by atoms with E-state index < -0.39 is 0 Å². The van der Waals surface area contributed by atoms with Crippen LogP contribution in [0.15, 0.2) is 24.5 Å². The zero-order chi connectivity index (χ0) is 7.94. The van der Waals surface area contributed by atoms with Gasteiger partial charge in [-0.25, -0.2) is 0 Å². The molecule has 0 atom stereocenters. The van der Waals surface area contributed by atoms with Crippen LogP contribution in [0.2, 0.25) is 0 Å². The molecule has 0 aliphatic heterocycles. The molecule has 3 heteroatoms. The highest BCUT2D eigenvalue weighted by Crippen LogP contribution is 1.96. The highest BCUT2D eigenvalue weighted by atomic mass is 16.5. The van der Waals surface area contributed by atoms with Crippen molar-refractivity contribution in [2.45, 2.75) is 6.61 Å². The Morgan fingerprint density at radius 3 is 3.18 bits per heavy atom. The summed E-state index contributed by atoms with van der Waals surface area (Å²) in [6.45, 7) is 0.594. The number of pyridine rings is 1. The van der Waals surface area contributed by atoms with Gasteiger partial charge in [0.1, 0.15) is 6.61 Å². The van der Waals surface area contributed by atoms with Crippen molar-refractivity contribution in [3.8, 4) is 6.07 Å². The van der Waals surface area contributed by atoms with E-state index in [0.717, 1.165) is 5.56 Å². The monoisotopic (exact) mass is 148 g/mol. The van der Waals surface area contributed by atoms with Crippen molar-refractivity contribution in [3.05, 3.63) is 30.1 Å². The molecule has 0 bridgehead atoms. The van der Waals surface area contributed by atoms with Gasteiger partial charge in [-0.05, 0) is 11.6 Å². The molecule has 0 saturated heterocycles. The van der Waals surface area contributed by atoms with Gasteiger partial charge in [-0.2, -0.15) is 5.26 Å². The van der Waals surface area contributed by atoms with Gasteiger partial charge in [0.15, 0.2) is 0 Å². The third-order valence-corrected chi connectivity index (χ3v) is 1.16. The van der Waals surface area contributed by atoms with Crippen LogP contribution in [0.25, 0.3) is 0 Å². The molecule has 3 nitrogen and oxygen atoms in total. The SMILES string of the molecule is N#CCOCc1cccnc1. The minimum Gasteiger partial charge on any atom is -0.362 e. The van der Waals surface area contributed by atoms with E-state index in [-0.39, 0.29) is 6.61 Å². The largest absolute Gasteiger partial charge is 0.362 e. The molecule has 0 N–H and O–H groups in total. The van der Waals surface area contributed by atoms with Gasteiger partial charge in [0, 0.05) is 12.4 Å². The van der Waals surface area contributed by atoms with Crippen LogP contribution in [-0.2, 0) is 11.3 Å². The summed E-state index contributed by atoms with van der Waals surface area (Å²) in [5, 5.41) is 8.15. The Hall–Kier alpha value is -1.40. The lowest BCUT2D eigenvalue weighted by Crippen LogP contribution is -1.92. The van der Waals surface area contributed by atoms with Crippen LogP contribution >= 0.6 is 0 Å². The van der Waals surface area contributed by atoms with Crippen molar-refractivity contribution >= 4 is 0 Å². The Balaban J connectivity index is 2.35. The molecule has 0 aliphatic rings. The molecule has 1 heterocycles. The highest BCUT2D eigenvalue weighted by Gasteiger charge is 1.89. The molecular weight excluding hydrogens is 140 g/mol. The molecule has 0 amide bonds. The Kier molecular flexibility index (Phi) is 3.10. The summed E-state index contributed by atoms with van der Waals surface area (Å²) in [5.74, 6) is 0. The van der Waals surface area contributed by atoms with Crippen molar-refractivity contribution < 1.29 is 4.74 Å². The Bertz CT molecular complexity index is 240. The first-order valence-electron chi connectivity index (χ1n) is 3.27. The first kappa shape index (κ1) is 7.70. The van der Waals surface area contributed by atoms with Gasteiger partial charge >= 0.3 is 0 Å². The summed E-state index contributed by atoms with van der Waals surface area (Å²) < 4.78 is 4.97. The number of hydrogen-bond acceptors (Lipinski definition) is 3. The maximum Gasteiger partial charge on any atom is 0.134 e. The Morgan fingerprint density at radius 1 is 1.64 bits per heavy atom. The predicted octanol–water partition coefficient (Wildman–Crippen LogP) is 1.12. The van der Waals surface area contributed by atoms with Crippen LogP contribution in [0.5, 0.6) is 0 Å². The summed E-state index contributed by atoms with van der Waals surface area (Å²) in [6, 6.07) is 5.64. The zero-order valence-electron chi connectivity index (χ0n) is 6.03. The lowest BCUT2D eigenvalue weighted by Gasteiger charge is -1.97. The Labute approximate surface area is 65.3 Å². The van der Waals surface area contributed by atoms with E-state index in [1.165, 1.54) is 0 Å². The average Bonchev–Trinajstić information content (AvgIpc) is 2.07. The molecule has 0 aromatic carbocycles. The third-order valence-electron chi connectivity index (χ3n) is 1.16. The molecule has 1 aromatic rings. The average molecular weight is 148 g/mol. The lowest BCUT2D eigenvalue weighted by atomic mass is 10.3. The van der Waals surface area contributed by atoms with Crippen LogP contribution in [0.4, 0.5) is 0 Å². The van der Waals surface area contributed by atoms with Gasteiger partial charge in [-0.15, -0.1) is 0 Å². The molecule has 0 saturated carbocycles. The van der Waals surface area contributed by atoms with Crippen LogP contribution in [0.3, 0.4) is 0 Å². The number of rotatable bonds is 3. The molecule has 0 radical (unpaired) electrons. The van der Waals surface area contributed by atoms with Gasteiger partial charge < -0.3 is 4.74 Å². The number of nitriles is 1. The van der Waals surface area contributed by atoms with Gasteiger partial charge in [0.05, 0.1) is 12.7 Å². The van der Waals surface area contributed by atoms with Crippen LogP contribution in [0, 0.1) is 11.3 Å². The van der Waals surface area contributed by atoms with Crippen LogP contribution < -0.4 is 0 Å². The minimum absolute atomic E-state index is 0.134. The van der Waals surface area contributed by atoms with Crippen LogP contribution in [-0.4, -0.2) is 11.6 Å². The molecule has 0 unspecified atom stereocenters. The van der Waals surface area contributed by atoms with E-state index in [4.69, 9.17) is 10.00 Å². The molecule has 0 spiro atoms. The topological polar surface area (TPSA) is 45.9 Å². The fourth-order valence-corrected chi connectivity index (χ4v) is 0.698. The fourth-order valence-electron chi connectivity index (χ4n) is 0.698. The molecule has 0 fully saturated rings. The second-order valence-electron chi connectivity index (χ2n) is 2.01. The predicted molar refractivity (Wildman–Crippen MR) is 39.5 cm³/mol. The first-order valence-corrected chi connectivity index (χ1v) is 3.27. The van der Waals surface area contributed by atoms with Crippen molar-refractivity contribution in [2.24, 2.45) is 0 Å². The van der Waals surface area contributed by atoms with Crippen LogP contribution in [0.1, 0.15) is 5.56 Å². The highest BCUT2D eigenvalue weighted by molar-refractivity contribution is 5.06. The van der Waals surface area contributed by atoms with Gasteiger partial charge in [0.25, 0.3) is 0 Å². The van der Waals surface area contributed by atoms with Crippen molar-refractivity contribution in [2.75, 3.05) is 6.61 Å². The van der Waals surface area contributed by atoms with Crippen molar-refractivity contribution in [1.82, 2.24) is 4.98 Å². The lowest BCUT2D eigenvalue weighted by molar-refractivity contribution is 0.152. The molecule has 11 heavy (non-hydrogen) atoms. The van der Waals surface area contributed by atoms with Gasteiger partial charge in [-0.1, -0.05) is 6.07 Å². The normalized spacial score (nSPS) is 9.00. The minimum atomic E-state index is 0.134. The summed E-state index contributed by atoms with van der Waals surface area (Å²) in [4.78, 5) is 3.90. The van der Waals surface area contributed by atoms with E-state index >= 15 is 0 Å². The molecular formula is C8H8N2O. The summed E-state index contributed by atoms with van der Waals surface area (Å²) in [7, 11) is 0. The van der Waals surface area contributed by atoms with E-state index in [1.54, 1.807) is 12.4 Å². The van der Waals surface area contributed by atoms with E-state index in [9.17, 15) is 0 Å². The molecule has 1 aromatic heterocycles. The smallest absolute Gasteiger partial charge is 0.134 e. The molecule has 56 valence electrons. The summed E-state index contributed by atoms with van der Waals surface area (Å²) >= 11 is 0. The zero-order valence-corrected chi connectivity index (χ0v) is 6.03. The second kappa shape index (κ2) is 4.42. The van der Waals surface area contributed by atoms with E-state index in [2.05, 4.69) is 4.98 Å². The second-order valence-corrected chi connectivity index (χ2v) is 2.01. The maximum atomic E-state index is 8.15. The van der Waals surface area contributed by atoms with E-state index in [0.29, 0.717) is 6.61 Å². The fraction of sp³-hybridized carbons (Fsp3) is 0.250. The maximum absolute atomic E-state index is 8.15. The third kappa shape index (κ3) is 2.78. The van der Waals surface area contributed by atoms with Gasteiger partial charge in [-0.3, -0.25) is 4.98 Å². The van der Waals surface area contributed by atoms with E-state index in [1.807, 2.05) is 18.2 Å². The molecule has 0 aliphatic carbocycles. The van der Waals surface area contributed by atoms with Gasteiger partial charge in [0.2, 0.25) is 0 Å². The Morgan fingerprint density at radius 2 is 2.55 bits per heavy atom. The number of hydrogen-bond donors (Lipinski definition) is 0.